The third kappa shape index (κ3) is 5.81. The fourth-order valence-corrected chi connectivity index (χ4v) is 13.1. The Kier molecular flexibility index (Phi) is 8.94. The van der Waals surface area contributed by atoms with E-state index in [1.807, 2.05) is 0 Å². The van der Waals surface area contributed by atoms with E-state index >= 15 is 0 Å². The minimum atomic E-state index is -0.589. The van der Waals surface area contributed by atoms with Crippen molar-refractivity contribution in [1.82, 2.24) is 0 Å². The van der Waals surface area contributed by atoms with Gasteiger partial charge in [0.2, 0.25) is 0 Å². The Bertz CT molecular complexity index is 3760. The van der Waals surface area contributed by atoms with E-state index in [4.69, 9.17) is 8.83 Å². The van der Waals surface area contributed by atoms with Gasteiger partial charge in [-0.2, -0.15) is 0 Å². The van der Waals surface area contributed by atoms with Crippen molar-refractivity contribution in [3.63, 3.8) is 0 Å². The maximum atomic E-state index is 7.49. The second-order valence-corrected chi connectivity index (χ2v) is 20.4. The van der Waals surface area contributed by atoms with Crippen LogP contribution in [0.3, 0.4) is 0 Å². The minimum Gasteiger partial charge on any atom is -0.455 e. The van der Waals surface area contributed by atoms with Gasteiger partial charge in [-0.15, -0.1) is 0 Å². The van der Waals surface area contributed by atoms with Gasteiger partial charge < -0.3 is 18.6 Å². The van der Waals surface area contributed by atoms with E-state index in [-0.39, 0.29) is 6.04 Å². The summed E-state index contributed by atoms with van der Waals surface area (Å²) >= 11 is 0. The van der Waals surface area contributed by atoms with Gasteiger partial charge in [0.25, 0.3) is 0 Å². The molecule has 10 aromatic rings. The number of hydrogen-bond donors (Lipinski definition) is 0. The zero-order valence-corrected chi connectivity index (χ0v) is 39.8. The number of rotatable bonds is 6. The van der Waals surface area contributed by atoms with Crippen molar-refractivity contribution in [2.24, 2.45) is 0 Å². The van der Waals surface area contributed by atoms with Crippen LogP contribution in [0.15, 0.2) is 184 Å². The molecule has 2 unspecified atom stereocenters. The van der Waals surface area contributed by atoms with E-state index in [0.29, 0.717) is 0 Å². The first-order valence-corrected chi connectivity index (χ1v) is 25.1. The maximum absolute atomic E-state index is 7.49. The van der Waals surface area contributed by atoms with Gasteiger partial charge in [-0.1, -0.05) is 125 Å². The summed E-state index contributed by atoms with van der Waals surface area (Å²) in [6, 6.07) is 59.5. The number of benzene rings is 8. The first-order valence-electron chi connectivity index (χ1n) is 25.1. The van der Waals surface area contributed by atoms with Gasteiger partial charge in [0.1, 0.15) is 16.7 Å². The molecule has 4 aliphatic carbocycles. The van der Waals surface area contributed by atoms with Crippen molar-refractivity contribution in [1.29, 1.82) is 0 Å². The lowest BCUT2D eigenvalue weighted by molar-refractivity contribution is 0.572. The van der Waals surface area contributed by atoms with Crippen molar-refractivity contribution >= 4 is 77.9 Å². The largest absolute Gasteiger partial charge is 0.455 e. The summed E-state index contributed by atoms with van der Waals surface area (Å²) in [5, 5.41) is 4.53. The Labute approximate surface area is 403 Å². The highest BCUT2D eigenvalue weighted by molar-refractivity contribution is 6.26. The second-order valence-electron chi connectivity index (χ2n) is 20.4. The van der Waals surface area contributed by atoms with Crippen LogP contribution in [0.5, 0.6) is 0 Å². The fraction of sp³-hybridized carbons (Fsp3) is 0.200. The predicted molar refractivity (Wildman–Crippen MR) is 287 cm³/mol. The minimum absolute atomic E-state index is 0.247. The van der Waals surface area contributed by atoms with E-state index in [0.717, 1.165) is 99.8 Å². The van der Waals surface area contributed by atoms with Crippen LogP contribution in [-0.4, -0.2) is 6.04 Å². The third-order valence-electron chi connectivity index (χ3n) is 16.3. The molecule has 0 saturated heterocycles. The number of para-hydroxylation sites is 2. The molecule has 2 atom stereocenters. The lowest BCUT2D eigenvalue weighted by Crippen LogP contribution is -2.33. The van der Waals surface area contributed by atoms with E-state index in [2.05, 4.69) is 201 Å². The van der Waals surface area contributed by atoms with Crippen molar-refractivity contribution in [2.45, 2.75) is 84.1 Å². The normalized spacial score (nSPS) is 18.3. The molecule has 0 fully saturated rings. The van der Waals surface area contributed by atoms with Crippen LogP contribution < -0.4 is 9.80 Å². The SMILES string of the molecule is CC1=CCC(N(c2ccc(C)cc2)c2cc3c(c4c2oc2ccccc24)-c2c(cc(N(c4ccc(C)cc4)c4ccc(C)cc4)c4c2oc2ccccc24)C32C3=C(CCCC3)c3ccccc32)CC1. The first kappa shape index (κ1) is 40.5. The molecule has 0 bridgehead atoms. The number of nitrogens with zero attached hydrogens (tertiary/aromatic N) is 2. The number of aryl methyl sites for hydroxylation is 3. The van der Waals surface area contributed by atoms with Gasteiger partial charge in [0.05, 0.1) is 22.2 Å². The van der Waals surface area contributed by atoms with Gasteiger partial charge in [-0.05, 0) is 167 Å². The van der Waals surface area contributed by atoms with Gasteiger partial charge in [-0.3, -0.25) is 0 Å². The molecule has 14 rings (SSSR count). The molecule has 0 saturated carbocycles. The summed E-state index contributed by atoms with van der Waals surface area (Å²) < 4.78 is 14.8. The van der Waals surface area contributed by atoms with E-state index in [1.165, 1.54) is 78.7 Å². The molecule has 4 heteroatoms. The van der Waals surface area contributed by atoms with Crippen LogP contribution in [-0.2, 0) is 5.41 Å². The standard InChI is InChI=1S/C65H54N2O2/c1-39-21-29-43(30-22-39)66(44-31-23-40(2)24-32-44)55-37-54-62(64-59(55)49-15-7-11-19-57(49)69-64)61-53(65(54)51-17-9-5-13-47(51)48-14-6-10-18-52(48)65)38-56(63-60(61)50-16-8-12-20-58(50)68-63)67(45-33-25-41(3)26-34-45)46-35-27-42(4)28-36-46/h5,7-9,11-13,15-17,19-27,29-34,37-38,46H,6,10,14,18,28,35-36H2,1-4H3. The number of hydrogen-bond acceptors (Lipinski definition) is 4. The Balaban J connectivity index is 1.19. The molecule has 0 radical (unpaired) electrons. The van der Waals surface area contributed by atoms with Crippen molar-refractivity contribution in [3.8, 4) is 11.1 Å². The monoisotopic (exact) mass is 894 g/mol. The summed E-state index contributed by atoms with van der Waals surface area (Å²) in [5.41, 5.74) is 24.8. The van der Waals surface area contributed by atoms with Gasteiger partial charge in [0, 0.05) is 50.4 Å². The van der Waals surface area contributed by atoms with Gasteiger partial charge in [0.15, 0.2) is 5.58 Å². The molecule has 336 valence electrons. The van der Waals surface area contributed by atoms with Crippen LogP contribution >= 0.6 is 0 Å². The molecule has 0 amide bonds. The Morgan fingerprint density at radius 3 is 1.74 bits per heavy atom. The molecular weight excluding hydrogens is 841 g/mol. The Morgan fingerprint density at radius 2 is 1.07 bits per heavy atom. The number of allylic oxidation sites excluding steroid dienone is 3. The summed E-state index contributed by atoms with van der Waals surface area (Å²) in [6.07, 6.45) is 10.0. The van der Waals surface area contributed by atoms with Crippen LogP contribution in [0.4, 0.5) is 28.4 Å². The quantitative estimate of drug-likeness (QED) is 0.156. The summed E-state index contributed by atoms with van der Waals surface area (Å²) in [7, 11) is 0. The van der Waals surface area contributed by atoms with Gasteiger partial charge >= 0.3 is 0 Å². The molecule has 8 aromatic carbocycles. The predicted octanol–water partition coefficient (Wildman–Crippen LogP) is 18.2. The lowest BCUT2D eigenvalue weighted by atomic mass is 9.67. The number of fused-ring (bicyclic) bond motifs is 17. The second kappa shape index (κ2) is 15.2. The smallest absolute Gasteiger partial charge is 0.159 e. The first-order chi connectivity index (χ1) is 33.9. The zero-order chi connectivity index (χ0) is 46.1. The van der Waals surface area contributed by atoms with E-state index < -0.39 is 5.41 Å². The Hall–Kier alpha value is -7.56. The highest BCUT2D eigenvalue weighted by Crippen LogP contribution is 2.69. The van der Waals surface area contributed by atoms with Gasteiger partial charge in [-0.25, -0.2) is 0 Å². The third-order valence-corrected chi connectivity index (χ3v) is 16.3. The number of furan rings is 2. The summed E-state index contributed by atoms with van der Waals surface area (Å²) in [4.78, 5) is 5.14. The summed E-state index contributed by atoms with van der Waals surface area (Å²) in [6.45, 7) is 8.82. The zero-order valence-electron chi connectivity index (χ0n) is 39.8. The van der Waals surface area contributed by atoms with E-state index in [9.17, 15) is 0 Å². The molecule has 4 aliphatic rings. The molecule has 0 N–H and O–H groups in total. The molecule has 2 aromatic heterocycles. The van der Waals surface area contributed by atoms with Crippen molar-refractivity contribution in [2.75, 3.05) is 9.80 Å². The molecule has 4 nitrogen and oxygen atoms in total. The molecule has 2 heterocycles. The van der Waals surface area contributed by atoms with Crippen molar-refractivity contribution in [3.05, 3.63) is 214 Å². The van der Waals surface area contributed by atoms with E-state index in [1.54, 1.807) is 5.57 Å². The van der Waals surface area contributed by atoms with Crippen LogP contribution in [0.1, 0.15) is 90.8 Å². The lowest BCUT2D eigenvalue weighted by Gasteiger charge is -2.38. The highest BCUT2D eigenvalue weighted by atomic mass is 16.3. The van der Waals surface area contributed by atoms with Crippen molar-refractivity contribution < 1.29 is 8.83 Å². The molecule has 69 heavy (non-hydrogen) atoms. The average molecular weight is 895 g/mol. The van der Waals surface area contributed by atoms with Crippen LogP contribution in [0, 0.1) is 20.8 Å². The van der Waals surface area contributed by atoms with Crippen LogP contribution in [0.25, 0.3) is 60.6 Å². The average Bonchev–Trinajstić information content (AvgIpc) is 4.12. The topological polar surface area (TPSA) is 32.8 Å². The summed E-state index contributed by atoms with van der Waals surface area (Å²) in [5.74, 6) is 0. The number of anilines is 5. The molecule has 1 spiro atoms. The maximum Gasteiger partial charge on any atom is 0.159 e. The molecular formula is C65H54N2O2. The fourth-order valence-electron chi connectivity index (χ4n) is 13.1. The highest BCUT2D eigenvalue weighted by Gasteiger charge is 2.55. The Morgan fingerprint density at radius 1 is 0.507 bits per heavy atom. The molecule has 0 aliphatic heterocycles. The van der Waals surface area contributed by atoms with Crippen LogP contribution in [0.2, 0.25) is 0 Å².